The molecular weight excluding hydrogens is 234 g/mol. The first kappa shape index (κ1) is 13.9. The third-order valence-corrected chi connectivity index (χ3v) is 3.75. The molecule has 0 aliphatic rings. The van der Waals surface area contributed by atoms with Gasteiger partial charge in [0.05, 0.1) is 0 Å². The quantitative estimate of drug-likeness (QED) is 0.609. The largest absolute Gasteiger partial charge is 0.302 e. The maximum absolute atomic E-state index is 4.33. The molecule has 1 rings (SSSR count). The monoisotopic (exact) mass is 255 g/mol. The number of thiol groups is 1. The van der Waals surface area contributed by atoms with Gasteiger partial charge < -0.3 is 4.90 Å². The maximum atomic E-state index is 4.33. The molecule has 0 spiro atoms. The van der Waals surface area contributed by atoms with Crippen molar-refractivity contribution >= 4 is 24.4 Å². The van der Waals surface area contributed by atoms with Gasteiger partial charge in [-0.05, 0) is 49.7 Å². The predicted molar refractivity (Wildman–Crippen MR) is 77.7 cm³/mol. The Labute approximate surface area is 109 Å². The van der Waals surface area contributed by atoms with Crippen molar-refractivity contribution < 1.29 is 0 Å². The number of nitrogens with zero attached hydrogens (tertiary/aromatic N) is 1. The lowest BCUT2D eigenvalue weighted by atomic mass is 10.0. The number of hydrogen-bond acceptors (Lipinski definition) is 3. The van der Waals surface area contributed by atoms with Crippen molar-refractivity contribution in [2.75, 3.05) is 25.6 Å². The highest BCUT2D eigenvalue weighted by atomic mass is 32.2. The van der Waals surface area contributed by atoms with E-state index in [1.807, 2.05) is 11.8 Å². The summed E-state index contributed by atoms with van der Waals surface area (Å²) in [5.74, 6) is 2.06. The van der Waals surface area contributed by atoms with Crippen LogP contribution in [0.3, 0.4) is 0 Å². The average Bonchev–Trinajstić information content (AvgIpc) is 2.27. The van der Waals surface area contributed by atoms with E-state index in [0.717, 1.165) is 17.9 Å². The molecule has 0 N–H and O–H groups in total. The van der Waals surface area contributed by atoms with Crippen LogP contribution in [0.25, 0.3) is 0 Å². The molecule has 0 aromatic heterocycles. The average molecular weight is 255 g/mol. The number of thioether (sulfide) groups is 1. The Morgan fingerprint density at radius 3 is 2.31 bits per heavy atom. The van der Waals surface area contributed by atoms with E-state index in [0.29, 0.717) is 6.04 Å². The van der Waals surface area contributed by atoms with E-state index in [2.05, 4.69) is 62.8 Å². The molecule has 0 radical (unpaired) electrons. The molecule has 16 heavy (non-hydrogen) atoms. The molecule has 0 saturated heterocycles. The molecule has 1 nitrogen and oxygen atoms in total. The molecule has 0 fully saturated rings. The van der Waals surface area contributed by atoms with Crippen LogP contribution < -0.4 is 0 Å². The summed E-state index contributed by atoms with van der Waals surface area (Å²) in [6, 6.07) is 9.41. The number of rotatable bonds is 6. The van der Waals surface area contributed by atoms with Crippen molar-refractivity contribution in [3.05, 3.63) is 29.8 Å². The predicted octanol–water partition coefficient (Wildman–Crippen LogP) is 3.72. The van der Waals surface area contributed by atoms with Gasteiger partial charge in [-0.25, -0.2) is 0 Å². The standard InChI is InChI=1S/C13H21NS2/c1-4-16-12-7-5-11(6-8-12)13(9-10-15)14(2)3/h5-8,13,15H,4,9-10H2,1-3H3. The molecule has 0 bridgehead atoms. The van der Waals surface area contributed by atoms with Crippen molar-refractivity contribution in [1.29, 1.82) is 0 Å². The fraction of sp³-hybridized carbons (Fsp3) is 0.538. The molecular formula is C13H21NS2. The second kappa shape index (κ2) is 7.25. The van der Waals surface area contributed by atoms with Gasteiger partial charge in [-0.15, -0.1) is 11.8 Å². The van der Waals surface area contributed by atoms with E-state index in [1.54, 1.807) is 0 Å². The zero-order chi connectivity index (χ0) is 12.0. The third-order valence-electron chi connectivity index (χ3n) is 2.60. The zero-order valence-electron chi connectivity index (χ0n) is 10.3. The van der Waals surface area contributed by atoms with Crippen LogP contribution in [0.2, 0.25) is 0 Å². The van der Waals surface area contributed by atoms with Crippen LogP contribution in [0, 0.1) is 0 Å². The van der Waals surface area contributed by atoms with Crippen LogP contribution in [-0.2, 0) is 0 Å². The molecule has 0 aliphatic heterocycles. The molecule has 1 atom stereocenters. The first-order valence-corrected chi connectivity index (χ1v) is 7.31. The Hall–Kier alpha value is -0.120. The summed E-state index contributed by atoms with van der Waals surface area (Å²) in [6.07, 6.45) is 1.09. The highest BCUT2D eigenvalue weighted by molar-refractivity contribution is 7.99. The third kappa shape index (κ3) is 4.04. The van der Waals surface area contributed by atoms with Gasteiger partial charge in [-0.1, -0.05) is 19.1 Å². The maximum Gasteiger partial charge on any atom is 0.0349 e. The van der Waals surface area contributed by atoms with Crippen molar-refractivity contribution in [2.45, 2.75) is 24.3 Å². The van der Waals surface area contributed by atoms with Gasteiger partial charge >= 0.3 is 0 Å². The molecule has 0 saturated carbocycles. The Bertz CT molecular complexity index is 295. The van der Waals surface area contributed by atoms with E-state index in [4.69, 9.17) is 0 Å². The summed E-state index contributed by atoms with van der Waals surface area (Å²) >= 11 is 6.22. The number of benzene rings is 1. The van der Waals surface area contributed by atoms with Gasteiger partial charge in [0.15, 0.2) is 0 Å². The highest BCUT2D eigenvalue weighted by Crippen LogP contribution is 2.25. The van der Waals surface area contributed by atoms with E-state index < -0.39 is 0 Å². The normalized spacial score (nSPS) is 13.1. The second-order valence-electron chi connectivity index (χ2n) is 3.99. The van der Waals surface area contributed by atoms with E-state index in [-0.39, 0.29) is 0 Å². The molecule has 1 aromatic rings. The molecule has 3 heteroatoms. The van der Waals surface area contributed by atoms with Gasteiger partial charge in [0, 0.05) is 10.9 Å². The minimum absolute atomic E-state index is 0.484. The molecule has 1 aromatic carbocycles. The van der Waals surface area contributed by atoms with Crippen LogP contribution in [0.4, 0.5) is 0 Å². The molecule has 0 aliphatic carbocycles. The van der Waals surface area contributed by atoms with Crippen molar-refractivity contribution in [3.8, 4) is 0 Å². The van der Waals surface area contributed by atoms with Crippen LogP contribution >= 0.6 is 24.4 Å². The van der Waals surface area contributed by atoms with Crippen LogP contribution in [0.15, 0.2) is 29.2 Å². The van der Waals surface area contributed by atoms with E-state index in [1.165, 1.54) is 10.5 Å². The van der Waals surface area contributed by atoms with Crippen molar-refractivity contribution in [2.24, 2.45) is 0 Å². The molecule has 0 amide bonds. The topological polar surface area (TPSA) is 3.24 Å². The fourth-order valence-electron chi connectivity index (χ4n) is 1.80. The van der Waals surface area contributed by atoms with Gasteiger partial charge in [0.25, 0.3) is 0 Å². The first-order valence-electron chi connectivity index (χ1n) is 5.69. The smallest absolute Gasteiger partial charge is 0.0349 e. The Kier molecular flexibility index (Phi) is 6.32. The van der Waals surface area contributed by atoms with Crippen molar-refractivity contribution in [1.82, 2.24) is 4.90 Å². The van der Waals surface area contributed by atoms with Crippen molar-refractivity contribution in [3.63, 3.8) is 0 Å². The lowest BCUT2D eigenvalue weighted by Gasteiger charge is -2.24. The molecule has 0 heterocycles. The Morgan fingerprint density at radius 1 is 1.25 bits per heavy atom. The lowest BCUT2D eigenvalue weighted by Crippen LogP contribution is -2.20. The lowest BCUT2D eigenvalue weighted by molar-refractivity contribution is 0.293. The summed E-state index contributed by atoms with van der Waals surface area (Å²) < 4.78 is 0. The van der Waals surface area contributed by atoms with Gasteiger partial charge in [0.1, 0.15) is 0 Å². The summed E-state index contributed by atoms with van der Waals surface area (Å²) in [7, 11) is 4.26. The van der Waals surface area contributed by atoms with Gasteiger partial charge in [-0.2, -0.15) is 12.6 Å². The SMILES string of the molecule is CCSc1ccc(C(CCS)N(C)C)cc1. The Balaban J connectivity index is 2.77. The molecule has 1 unspecified atom stereocenters. The highest BCUT2D eigenvalue weighted by Gasteiger charge is 2.12. The van der Waals surface area contributed by atoms with E-state index in [9.17, 15) is 0 Å². The van der Waals surface area contributed by atoms with Crippen LogP contribution in [0.1, 0.15) is 24.9 Å². The van der Waals surface area contributed by atoms with Crippen LogP contribution in [0.5, 0.6) is 0 Å². The van der Waals surface area contributed by atoms with Crippen LogP contribution in [-0.4, -0.2) is 30.5 Å². The first-order chi connectivity index (χ1) is 7.69. The summed E-state index contributed by atoms with van der Waals surface area (Å²) in [5.41, 5.74) is 1.39. The second-order valence-corrected chi connectivity index (χ2v) is 5.78. The fourth-order valence-corrected chi connectivity index (χ4v) is 2.70. The zero-order valence-corrected chi connectivity index (χ0v) is 12.0. The van der Waals surface area contributed by atoms with Gasteiger partial charge in [0.2, 0.25) is 0 Å². The summed E-state index contributed by atoms with van der Waals surface area (Å²) in [4.78, 5) is 3.62. The van der Waals surface area contributed by atoms with Gasteiger partial charge in [-0.3, -0.25) is 0 Å². The number of hydrogen-bond donors (Lipinski definition) is 1. The molecule has 90 valence electrons. The Morgan fingerprint density at radius 2 is 1.88 bits per heavy atom. The summed E-state index contributed by atoms with van der Waals surface area (Å²) in [6.45, 7) is 2.18. The minimum atomic E-state index is 0.484. The van der Waals surface area contributed by atoms with E-state index >= 15 is 0 Å². The minimum Gasteiger partial charge on any atom is -0.302 e. The summed E-state index contributed by atoms with van der Waals surface area (Å²) in [5, 5.41) is 0.